The van der Waals surface area contributed by atoms with Gasteiger partial charge in [0.25, 0.3) is 0 Å². The second kappa shape index (κ2) is 5.60. The molecule has 0 aromatic carbocycles. The first-order chi connectivity index (χ1) is 9.21. The SMILES string of the molecule is C=C(CC)CC(NCC)C1C2CC3CC(C2)CC1C3. The Morgan fingerprint density at radius 1 is 1.05 bits per heavy atom. The van der Waals surface area contributed by atoms with Crippen molar-refractivity contribution < 1.29 is 0 Å². The lowest BCUT2D eigenvalue weighted by molar-refractivity contribution is -0.0515. The van der Waals surface area contributed by atoms with Gasteiger partial charge in [-0.2, -0.15) is 0 Å². The molecule has 0 aromatic heterocycles. The molecule has 0 amide bonds. The lowest BCUT2D eigenvalue weighted by atomic mass is 9.50. The van der Waals surface area contributed by atoms with Crippen LogP contribution in [0, 0.1) is 29.6 Å². The van der Waals surface area contributed by atoms with Gasteiger partial charge >= 0.3 is 0 Å². The van der Waals surface area contributed by atoms with Crippen LogP contribution in [0.1, 0.15) is 58.8 Å². The molecular weight excluding hydrogens is 230 g/mol. The Morgan fingerprint density at radius 2 is 1.63 bits per heavy atom. The molecular formula is C18H31N. The molecule has 0 heterocycles. The summed E-state index contributed by atoms with van der Waals surface area (Å²) in [4.78, 5) is 0. The summed E-state index contributed by atoms with van der Waals surface area (Å²) >= 11 is 0. The molecule has 4 rings (SSSR count). The van der Waals surface area contributed by atoms with Crippen LogP contribution in [-0.4, -0.2) is 12.6 Å². The van der Waals surface area contributed by atoms with Crippen molar-refractivity contribution in [3.05, 3.63) is 12.2 Å². The zero-order chi connectivity index (χ0) is 13.4. The highest BCUT2D eigenvalue weighted by Gasteiger charge is 2.50. The van der Waals surface area contributed by atoms with E-state index in [4.69, 9.17) is 0 Å². The zero-order valence-electron chi connectivity index (χ0n) is 12.8. The molecule has 19 heavy (non-hydrogen) atoms. The summed E-state index contributed by atoms with van der Waals surface area (Å²) < 4.78 is 0. The molecule has 1 heteroatoms. The second-order valence-electron chi connectivity index (χ2n) is 7.48. The summed E-state index contributed by atoms with van der Waals surface area (Å²) in [6.07, 6.45) is 10.1. The Labute approximate surface area is 119 Å². The van der Waals surface area contributed by atoms with Gasteiger partial charge in [-0.05, 0) is 81.1 Å². The normalized spacial score (nSPS) is 41.5. The van der Waals surface area contributed by atoms with Gasteiger partial charge in [-0.1, -0.05) is 26.0 Å². The van der Waals surface area contributed by atoms with E-state index in [0.29, 0.717) is 6.04 Å². The van der Waals surface area contributed by atoms with Crippen molar-refractivity contribution in [2.24, 2.45) is 29.6 Å². The van der Waals surface area contributed by atoms with E-state index in [1.54, 1.807) is 6.42 Å². The Hall–Kier alpha value is -0.300. The first-order valence-electron chi connectivity index (χ1n) is 8.61. The van der Waals surface area contributed by atoms with Crippen molar-refractivity contribution in [2.75, 3.05) is 6.54 Å². The fourth-order valence-electron chi connectivity index (χ4n) is 5.69. The maximum atomic E-state index is 4.27. The average molecular weight is 261 g/mol. The molecule has 0 spiro atoms. The molecule has 1 atom stereocenters. The molecule has 4 aliphatic rings. The summed E-state index contributed by atoms with van der Waals surface area (Å²) in [6.45, 7) is 9.90. The smallest absolute Gasteiger partial charge is 0.0138 e. The van der Waals surface area contributed by atoms with E-state index in [1.807, 2.05) is 0 Å². The van der Waals surface area contributed by atoms with Crippen LogP contribution < -0.4 is 5.32 Å². The van der Waals surface area contributed by atoms with E-state index in [2.05, 4.69) is 25.7 Å². The van der Waals surface area contributed by atoms with Gasteiger partial charge in [-0.3, -0.25) is 0 Å². The first kappa shape index (κ1) is 13.7. The number of hydrogen-bond donors (Lipinski definition) is 1. The summed E-state index contributed by atoms with van der Waals surface area (Å²) in [5.41, 5.74) is 1.44. The molecule has 4 aliphatic carbocycles. The first-order valence-corrected chi connectivity index (χ1v) is 8.61. The van der Waals surface area contributed by atoms with Gasteiger partial charge in [0.05, 0.1) is 0 Å². The van der Waals surface area contributed by atoms with Crippen LogP contribution in [0.4, 0.5) is 0 Å². The summed E-state index contributed by atoms with van der Waals surface area (Å²) in [6, 6.07) is 0.715. The highest BCUT2D eigenvalue weighted by molar-refractivity contribution is 5.05. The highest BCUT2D eigenvalue weighted by atomic mass is 14.9. The lowest BCUT2D eigenvalue weighted by Gasteiger charge is -2.56. The summed E-state index contributed by atoms with van der Waals surface area (Å²) in [7, 11) is 0. The third kappa shape index (κ3) is 2.63. The molecule has 0 aromatic rings. The maximum absolute atomic E-state index is 4.27. The largest absolute Gasteiger partial charge is 0.314 e. The van der Waals surface area contributed by atoms with Gasteiger partial charge in [0.15, 0.2) is 0 Å². The Morgan fingerprint density at radius 3 is 2.11 bits per heavy atom. The van der Waals surface area contributed by atoms with E-state index < -0.39 is 0 Å². The van der Waals surface area contributed by atoms with Gasteiger partial charge in [0, 0.05) is 6.04 Å². The molecule has 1 nitrogen and oxygen atoms in total. The molecule has 4 saturated carbocycles. The van der Waals surface area contributed by atoms with Crippen molar-refractivity contribution in [1.29, 1.82) is 0 Å². The number of nitrogens with one attached hydrogen (secondary N) is 1. The minimum atomic E-state index is 0.715. The monoisotopic (exact) mass is 261 g/mol. The van der Waals surface area contributed by atoms with Crippen molar-refractivity contribution in [3.8, 4) is 0 Å². The van der Waals surface area contributed by atoms with Gasteiger partial charge in [0.2, 0.25) is 0 Å². The summed E-state index contributed by atoms with van der Waals surface area (Å²) in [5.74, 6) is 5.21. The molecule has 4 fully saturated rings. The van der Waals surface area contributed by atoms with Crippen molar-refractivity contribution in [2.45, 2.75) is 64.8 Å². The van der Waals surface area contributed by atoms with E-state index >= 15 is 0 Å². The minimum absolute atomic E-state index is 0.715. The Kier molecular flexibility index (Phi) is 4.03. The molecule has 0 saturated heterocycles. The maximum Gasteiger partial charge on any atom is 0.0138 e. The zero-order valence-corrected chi connectivity index (χ0v) is 12.8. The van der Waals surface area contributed by atoms with E-state index in [-0.39, 0.29) is 0 Å². The van der Waals surface area contributed by atoms with Gasteiger partial charge in [0.1, 0.15) is 0 Å². The Bertz CT molecular complexity index is 305. The molecule has 1 unspecified atom stereocenters. The van der Waals surface area contributed by atoms with E-state index in [0.717, 1.165) is 42.6 Å². The molecule has 4 bridgehead atoms. The molecule has 1 N–H and O–H groups in total. The third-order valence-corrected chi connectivity index (χ3v) is 6.24. The second-order valence-corrected chi connectivity index (χ2v) is 7.48. The summed E-state index contributed by atoms with van der Waals surface area (Å²) in [5, 5.41) is 3.81. The molecule has 0 radical (unpaired) electrons. The van der Waals surface area contributed by atoms with Crippen LogP contribution in [0.3, 0.4) is 0 Å². The topological polar surface area (TPSA) is 12.0 Å². The quantitative estimate of drug-likeness (QED) is 0.699. The van der Waals surface area contributed by atoms with Crippen LogP contribution in [0.2, 0.25) is 0 Å². The lowest BCUT2D eigenvalue weighted by Crippen LogP contribution is -2.53. The van der Waals surface area contributed by atoms with Crippen LogP contribution in [-0.2, 0) is 0 Å². The van der Waals surface area contributed by atoms with Crippen molar-refractivity contribution in [1.82, 2.24) is 5.32 Å². The van der Waals surface area contributed by atoms with Gasteiger partial charge in [-0.15, -0.1) is 0 Å². The highest BCUT2D eigenvalue weighted by Crippen LogP contribution is 2.57. The number of rotatable bonds is 6. The van der Waals surface area contributed by atoms with E-state index in [1.165, 1.54) is 37.7 Å². The predicted molar refractivity (Wildman–Crippen MR) is 82.0 cm³/mol. The molecule has 108 valence electrons. The number of hydrogen-bond acceptors (Lipinski definition) is 1. The molecule has 0 aliphatic heterocycles. The van der Waals surface area contributed by atoms with Crippen LogP contribution >= 0.6 is 0 Å². The van der Waals surface area contributed by atoms with Crippen molar-refractivity contribution >= 4 is 0 Å². The van der Waals surface area contributed by atoms with E-state index in [9.17, 15) is 0 Å². The van der Waals surface area contributed by atoms with Crippen molar-refractivity contribution in [3.63, 3.8) is 0 Å². The van der Waals surface area contributed by atoms with Gasteiger partial charge < -0.3 is 5.32 Å². The predicted octanol–water partition coefficient (Wildman–Crippen LogP) is 4.39. The standard InChI is InChI=1S/C18H31N/c1-4-12(3)6-17(19-5-2)18-15-8-13-7-14(10-15)11-16(18)9-13/h13-19H,3-11H2,1-2H3. The van der Waals surface area contributed by atoms with Crippen LogP contribution in [0.25, 0.3) is 0 Å². The third-order valence-electron chi connectivity index (χ3n) is 6.24. The average Bonchev–Trinajstić information content (AvgIpc) is 2.37. The van der Waals surface area contributed by atoms with Gasteiger partial charge in [-0.25, -0.2) is 0 Å². The minimum Gasteiger partial charge on any atom is -0.314 e. The Balaban J connectivity index is 1.72. The van der Waals surface area contributed by atoms with Crippen LogP contribution in [0.5, 0.6) is 0 Å². The fraction of sp³-hybridized carbons (Fsp3) is 0.889. The fourth-order valence-corrected chi connectivity index (χ4v) is 5.69. The van der Waals surface area contributed by atoms with Crippen LogP contribution in [0.15, 0.2) is 12.2 Å².